The SMILES string of the molecule is C=CCn1c(=O)c2cnc(Nc3ccc(N4CCN(CCCCCCNc5cccc6c5C(=O)N(C5CCC(=O)NC5=O)C6=O)CC4)cc3)nc2n1-c1ccc2c(n1)C(O)(CC)CC2. The maximum atomic E-state index is 13.5. The van der Waals surface area contributed by atoms with Gasteiger partial charge in [0.15, 0.2) is 11.5 Å². The Kier molecular flexibility index (Phi) is 11.8. The number of nitrogens with one attached hydrogen (secondary N) is 3. The normalized spacial score (nSPS) is 19.9. The third-order valence-corrected chi connectivity index (χ3v) is 13.0. The molecule has 17 nitrogen and oxygen atoms in total. The van der Waals surface area contributed by atoms with Crippen LogP contribution in [-0.2, 0) is 28.2 Å². The number of hydrogen-bond acceptors (Lipinski definition) is 13. The van der Waals surface area contributed by atoms with Crippen LogP contribution in [0.5, 0.6) is 0 Å². The second kappa shape index (κ2) is 17.8. The fourth-order valence-electron chi connectivity index (χ4n) is 9.43. The first-order valence-electron chi connectivity index (χ1n) is 22.3. The van der Waals surface area contributed by atoms with Gasteiger partial charge in [0.2, 0.25) is 17.8 Å². The van der Waals surface area contributed by atoms with Crippen LogP contribution >= 0.6 is 0 Å². The number of carbonyl (C=O) groups is 4. The van der Waals surface area contributed by atoms with Crippen molar-refractivity contribution in [2.24, 2.45) is 0 Å². The maximum absolute atomic E-state index is 13.5. The molecule has 2 aromatic carbocycles. The molecule has 3 aromatic heterocycles. The summed E-state index contributed by atoms with van der Waals surface area (Å²) in [5, 5.41) is 20.5. The van der Waals surface area contributed by atoms with Crippen LogP contribution in [0, 0.1) is 0 Å². The van der Waals surface area contributed by atoms with E-state index in [1.165, 1.54) is 10.9 Å². The number of hydrogen-bond donors (Lipinski definition) is 4. The van der Waals surface area contributed by atoms with Gasteiger partial charge in [0, 0.05) is 62.4 Å². The molecule has 64 heavy (non-hydrogen) atoms. The van der Waals surface area contributed by atoms with Gasteiger partial charge in [-0.25, -0.2) is 19.3 Å². The van der Waals surface area contributed by atoms with Crippen molar-refractivity contribution in [1.29, 1.82) is 0 Å². The van der Waals surface area contributed by atoms with Crippen molar-refractivity contribution >= 4 is 57.7 Å². The minimum atomic E-state index is -1.00. The summed E-state index contributed by atoms with van der Waals surface area (Å²) in [5.41, 5.74) is 3.92. The molecule has 1 aliphatic carbocycles. The number of rotatable bonds is 16. The Bertz CT molecular complexity index is 2700. The summed E-state index contributed by atoms with van der Waals surface area (Å²) in [7, 11) is 0. The predicted octanol–water partition coefficient (Wildman–Crippen LogP) is 4.65. The van der Waals surface area contributed by atoms with Crippen molar-refractivity contribution < 1.29 is 24.3 Å². The topological polar surface area (TPSA) is 200 Å². The highest BCUT2D eigenvalue weighted by Crippen LogP contribution is 2.39. The first kappa shape index (κ1) is 42.6. The van der Waals surface area contributed by atoms with Crippen LogP contribution in [0.3, 0.4) is 0 Å². The number of unbranched alkanes of at least 4 members (excludes halogenated alkanes) is 3. The minimum Gasteiger partial charge on any atom is -0.384 e. The Morgan fingerprint density at radius 2 is 1.72 bits per heavy atom. The molecule has 0 radical (unpaired) electrons. The van der Waals surface area contributed by atoms with Crippen molar-refractivity contribution in [1.82, 2.24) is 39.4 Å². The number of allylic oxidation sites excluding steroid dienone is 1. The molecule has 2 saturated heterocycles. The molecule has 332 valence electrons. The Balaban J connectivity index is 0.738. The van der Waals surface area contributed by atoms with Crippen LogP contribution in [0.15, 0.2) is 78.2 Å². The van der Waals surface area contributed by atoms with E-state index in [-0.39, 0.29) is 36.1 Å². The summed E-state index contributed by atoms with van der Waals surface area (Å²) in [6.07, 6.45) is 9.42. The fraction of sp³-hybridized carbons (Fsp3) is 0.404. The third-order valence-electron chi connectivity index (χ3n) is 13.0. The number of piperidine rings is 1. The Hall–Kier alpha value is -6.72. The van der Waals surface area contributed by atoms with E-state index < -0.39 is 35.3 Å². The lowest BCUT2D eigenvalue weighted by Crippen LogP contribution is -2.54. The smallest absolute Gasteiger partial charge is 0.278 e. The molecule has 5 aromatic rings. The fourth-order valence-corrected chi connectivity index (χ4v) is 9.43. The van der Waals surface area contributed by atoms with E-state index in [4.69, 9.17) is 9.97 Å². The van der Waals surface area contributed by atoms with Gasteiger partial charge in [0.25, 0.3) is 17.4 Å². The van der Waals surface area contributed by atoms with Gasteiger partial charge < -0.3 is 20.6 Å². The van der Waals surface area contributed by atoms with Gasteiger partial charge in [-0.2, -0.15) is 4.98 Å². The number of nitrogens with zero attached hydrogens (tertiary/aromatic N) is 8. The van der Waals surface area contributed by atoms with Crippen molar-refractivity contribution in [3.05, 3.63) is 106 Å². The monoisotopic (exact) mass is 867 g/mol. The Morgan fingerprint density at radius 1 is 0.922 bits per heavy atom. The summed E-state index contributed by atoms with van der Waals surface area (Å²) < 4.78 is 3.23. The van der Waals surface area contributed by atoms with E-state index in [1.807, 2.05) is 31.2 Å². The summed E-state index contributed by atoms with van der Waals surface area (Å²) in [5.74, 6) is -1.18. The Labute approximate surface area is 370 Å². The molecular weight excluding hydrogens is 815 g/mol. The van der Waals surface area contributed by atoms with Crippen LogP contribution in [0.2, 0.25) is 0 Å². The minimum absolute atomic E-state index is 0.0841. The number of benzene rings is 2. The molecule has 0 saturated carbocycles. The average molecular weight is 868 g/mol. The zero-order valence-electron chi connectivity index (χ0n) is 36.0. The van der Waals surface area contributed by atoms with E-state index in [9.17, 15) is 29.1 Å². The lowest BCUT2D eigenvalue weighted by molar-refractivity contribution is -0.136. The summed E-state index contributed by atoms with van der Waals surface area (Å²) in [6, 6.07) is 16.2. The van der Waals surface area contributed by atoms with Gasteiger partial charge in [0.1, 0.15) is 17.0 Å². The molecule has 4 N–H and O–H groups in total. The highest BCUT2D eigenvalue weighted by molar-refractivity contribution is 6.25. The van der Waals surface area contributed by atoms with E-state index in [2.05, 4.69) is 49.4 Å². The quantitative estimate of drug-likeness (QED) is 0.0608. The van der Waals surface area contributed by atoms with Crippen molar-refractivity contribution in [3.63, 3.8) is 0 Å². The molecule has 0 bridgehead atoms. The molecule has 2 fully saturated rings. The summed E-state index contributed by atoms with van der Waals surface area (Å²) in [4.78, 5) is 84.2. The highest BCUT2D eigenvalue weighted by Gasteiger charge is 2.45. The number of carbonyl (C=O) groups excluding carboxylic acids is 4. The summed E-state index contributed by atoms with van der Waals surface area (Å²) >= 11 is 0. The molecule has 2 atom stereocenters. The predicted molar refractivity (Wildman–Crippen MR) is 242 cm³/mol. The number of aryl methyl sites for hydroxylation is 1. The molecule has 0 spiro atoms. The van der Waals surface area contributed by atoms with Gasteiger partial charge >= 0.3 is 0 Å². The lowest BCUT2D eigenvalue weighted by atomic mass is 9.98. The van der Waals surface area contributed by atoms with Crippen LogP contribution in [0.4, 0.5) is 23.0 Å². The number of aromatic nitrogens is 5. The molecule has 9 rings (SSSR count). The zero-order chi connectivity index (χ0) is 44.5. The van der Waals surface area contributed by atoms with E-state index in [0.717, 1.165) is 86.7 Å². The molecule has 3 aliphatic heterocycles. The highest BCUT2D eigenvalue weighted by atomic mass is 16.3. The second-order valence-corrected chi connectivity index (χ2v) is 17.0. The van der Waals surface area contributed by atoms with Gasteiger partial charge in [-0.05, 0) is 93.1 Å². The first-order chi connectivity index (χ1) is 31.1. The Morgan fingerprint density at radius 3 is 2.48 bits per heavy atom. The molecule has 17 heteroatoms. The molecule has 2 unspecified atom stereocenters. The van der Waals surface area contributed by atoms with Crippen LogP contribution in [-0.4, -0.2) is 108 Å². The van der Waals surface area contributed by atoms with Gasteiger partial charge in [0.05, 0.1) is 23.4 Å². The standard InChI is InChI=1S/C47H53N11O6/c1-3-23-56-43(61)34-29-49-46(53-41(34)58(56)37-18-12-30-20-21-47(64,4-2)40(30)51-37)50-31-13-15-32(16-14-31)55-27-25-54(26-28-55)24-8-6-5-7-22-48-35-11-9-10-33-39(35)45(63)57(44(33)62)36-17-19-38(59)52-42(36)60/h3,9-16,18,29,36,48,64H,1,4-8,17,19-28H2,2H3,(H,49,50,53)(H,52,59,60). The van der Waals surface area contributed by atoms with Gasteiger partial charge in [-0.15, -0.1) is 6.58 Å². The van der Waals surface area contributed by atoms with E-state index in [1.54, 1.807) is 29.0 Å². The number of aliphatic hydroxyl groups is 1. The van der Waals surface area contributed by atoms with E-state index in [0.29, 0.717) is 53.6 Å². The first-order valence-corrected chi connectivity index (χ1v) is 22.3. The number of fused-ring (bicyclic) bond motifs is 3. The van der Waals surface area contributed by atoms with Crippen LogP contribution in [0.25, 0.3) is 16.9 Å². The van der Waals surface area contributed by atoms with Crippen molar-refractivity contribution in [2.45, 2.75) is 82.9 Å². The second-order valence-electron chi connectivity index (χ2n) is 17.0. The third kappa shape index (κ3) is 8.05. The van der Waals surface area contributed by atoms with Gasteiger partial charge in [-0.3, -0.25) is 39.1 Å². The average Bonchev–Trinajstić information content (AvgIpc) is 3.88. The number of imide groups is 2. The molecule has 4 amide bonds. The van der Waals surface area contributed by atoms with Crippen molar-refractivity contribution in [2.75, 3.05) is 54.8 Å². The maximum Gasteiger partial charge on any atom is 0.278 e. The van der Waals surface area contributed by atoms with Gasteiger partial charge in [-0.1, -0.05) is 38.0 Å². The lowest BCUT2D eigenvalue weighted by Gasteiger charge is -2.36. The molecule has 4 aliphatic rings. The largest absolute Gasteiger partial charge is 0.384 e. The van der Waals surface area contributed by atoms with E-state index >= 15 is 0 Å². The molecular formula is C47H53N11O6. The number of amides is 4. The zero-order valence-corrected chi connectivity index (χ0v) is 36.0. The molecule has 6 heterocycles. The van der Waals surface area contributed by atoms with Crippen LogP contribution < -0.4 is 26.4 Å². The summed E-state index contributed by atoms with van der Waals surface area (Å²) in [6.45, 7) is 11.5. The van der Waals surface area contributed by atoms with Crippen LogP contribution in [0.1, 0.15) is 90.3 Å². The number of pyridine rings is 1. The van der Waals surface area contributed by atoms with Crippen molar-refractivity contribution in [3.8, 4) is 5.82 Å². The number of piperazine rings is 1. The number of anilines is 4.